The van der Waals surface area contributed by atoms with Crippen molar-refractivity contribution in [3.8, 4) is 11.8 Å². The van der Waals surface area contributed by atoms with Gasteiger partial charge in [0.05, 0.1) is 30.6 Å². The summed E-state index contributed by atoms with van der Waals surface area (Å²) in [6.07, 6.45) is -4.48. The number of carbonyl (C=O) groups is 1. The molecule has 2 rings (SSSR count). The molecule has 1 fully saturated rings. The topological polar surface area (TPSA) is 79.3 Å². The van der Waals surface area contributed by atoms with E-state index in [4.69, 9.17) is 15.7 Å². The lowest BCUT2D eigenvalue weighted by Crippen LogP contribution is -2.37. The van der Waals surface area contributed by atoms with Crippen LogP contribution in [0.5, 0.6) is 5.75 Å². The highest BCUT2D eigenvalue weighted by Crippen LogP contribution is 2.38. The second kappa shape index (κ2) is 6.46. The molecule has 1 aromatic carbocycles. The Bertz CT molecular complexity index is 640. The number of nitrogens with two attached hydrogens (primary N) is 1. The van der Waals surface area contributed by atoms with Crippen LogP contribution in [-0.2, 0) is 11.3 Å². The number of likely N-dealkylation sites (tertiary alicyclic amines) is 1. The maximum Gasteiger partial charge on any atom is 0.393 e. The van der Waals surface area contributed by atoms with Crippen molar-refractivity contribution < 1.29 is 22.7 Å². The van der Waals surface area contributed by atoms with Crippen molar-refractivity contribution in [3.63, 3.8) is 0 Å². The van der Waals surface area contributed by atoms with E-state index in [0.717, 1.165) is 0 Å². The van der Waals surface area contributed by atoms with Crippen molar-refractivity contribution in [2.75, 3.05) is 20.2 Å². The SMILES string of the molecule is COc1ccc(C#N)cc1CN1C[C@@H](C(F)(F)F)[C@H](C(N)=O)C1. The Morgan fingerprint density at radius 2 is 2.17 bits per heavy atom. The molecule has 2 N–H and O–H groups in total. The number of carbonyl (C=O) groups excluding carboxylic acids is 1. The first kappa shape index (κ1) is 17.1. The Hall–Kier alpha value is -2.27. The van der Waals surface area contributed by atoms with Crippen LogP contribution in [0.3, 0.4) is 0 Å². The molecule has 1 aliphatic heterocycles. The van der Waals surface area contributed by atoms with E-state index in [2.05, 4.69) is 0 Å². The molecule has 1 heterocycles. The van der Waals surface area contributed by atoms with Crippen LogP contribution in [0.4, 0.5) is 13.2 Å². The molecule has 2 atom stereocenters. The lowest BCUT2D eigenvalue weighted by molar-refractivity contribution is -0.182. The number of hydrogen-bond acceptors (Lipinski definition) is 4. The van der Waals surface area contributed by atoms with Crippen molar-refractivity contribution in [3.05, 3.63) is 29.3 Å². The van der Waals surface area contributed by atoms with E-state index in [0.29, 0.717) is 16.9 Å². The molecule has 124 valence electrons. The quantitative estimate of drug-likeness (QED) is 0.912. The van der Waals surface area contributed by atoms with E-state index in [-0.39, 0.29) is 19.6 Å². The number of alkyl halides is 3. The van der Waals surface area contributed by atoms with Crippen LogP contribution in [0.25, 0.3) is 0 Å². The van der Waals surface area contributed by atoms with Gasteiger partial charge in [0, 0.05) is 25.2 Å². The van der Waals surface area contributed by atoms with Crippen LogP contribution in [0, 0.1) is 23.2 Å². The summed E-state index contributed by atoms with van der Waals surface area (Å²) in [5, 5.41) is 8.94. The summed E-state index contributed by atoms with van der Waals surface area (Å²) in [7, 11) is 1.44. The summed E-state index contributed by atoms with van der Waals surface area (Å²) in [6, 6.07) is 6.70. The third-order valence-corrected chi connectivity index (χ3v) is 3.98. The molecular formula is C15H16F3N3O2. The molecular weight excluding hydrogens is 311 g/mol. The van der Waals surface area contributed by atoms with Crippen LogP contribution < -0.4 is 10.5 Å². The van der Waals surface area contributed by atoms with Gasteiger partial charge in [-0.05, 0) is 18.2 Å². The number of amides is 1. The Labute approximate surface area is 131 Å². The molecule has 0 saturated carbocycles. The van der Waals surface area contributed by atoms with E-state index < -0.39 is 23.9 Å². The minimum Gasteiger partial charge on any atom is -0.496 e. The van der Waals surface area contributed by atoms with Gasteiger partial charge < -0.3 is 10.5 Å². The molecule has 0 radical (unpaired) electrons. The Kier molecular flexibility index (Phi) is 4.80. The van der Waals surface area contributed by atoms with Crippen LogP contribution in [0.1, 0.15) is 11.1 Å². The summed E-state index contributed by atoms with van der Waals surface area (Å²) < 4.78 is 44.3. The lowest BCUT2D eigenvalue weighted by Gasteiger charge is -2.19. The maximum absolute atomic E-state index is 13.0. The Balaban J connectivity index is 2.22. The summed E-state index contributed by atoms with van der Waals surface area (Å²) in [5.41, 5.74) is 6.09. The molecule has 1 aliphatic rings. The zero-order valence-corrected chi connectivity index (χ0v) is 12.4. The number of methoxy groups -OCH3 is 1. The predicted molar refractivity (Wildman–Crippen MR) is 75.2 cm³/mol. The van der Waals surface area contributed by atoms with E-state index in [1.165, 1.54) is 12.0 Å². The smallest absolute Gasteiger partial charge is 0.393 e. The molecule has 0 bridgehead atoms. The highest BCUT2D eigenvalue weighted by atomic mass is 19.4. The van der Waals surface area contributed by atoms with Gasteiger partial charge in [-0.15, -0.1) is 0 Å². The number of rotatable bonds is 4. The molecule has 1 aromatic rings. The van der Waals surface area contributed by atoms with Crippen LogP contribution in [0.15, 0.2) is 18.2 Å². The van der Waals surface area contributed by atoms with Crippen LogP contribution >= 0.6 is 0 Å². The van der Waals surface area contributed by atoms with Crippen molar-refractivity contribution >= 4 is 5.91 Å². The van der Waals surface area contributed by atoms with Crippen LogP contribution in [0.2, 0.25) is 0 Å². The summed E-state index contributed by atoms with van der Waals surface area (Å²) in [5.74, 6) is -3.51. The standard InChI is InChI=1S/C15H16F3N3O2/c1-23-13-3-2-9(5-19)4-10(13)6-21-7-11(14(20)22)12(8-21)15(16,17)18/h2-4,11-12H,6-8H2,1H3,(H2,20,22)/t11-,12-/m1/s1. The lowest BCUT2D eigenvalue weighted by atomic mass is 9.95. The zero-order chi connectivity index (χ0) is 17.2. The minimum atomic E-state index is -4.48. The second-order valence-electron chi connectivity index (χ2n) is 5.49. The van der Waals surface area contributed by atoms with Gasteiger partial charge in [0.2, 0.25) is 5.91 Å². The molecule has 0 unspecified atom stereocenters. The van der Waals surface area contributed by atoms with Gasteiger partial charge >= 0.3 is 6.18 Å². The highest BCUT2D eigenvalue weighted by molar-refractivity contribution is 5.77. The maximum atomic E-state index is 13.0. The van der Waals surface area contributed by atoms with Gasteiger partial charge in [0.25, 0.3) is 0 Å². The third kappa shape index (κ3) is 3.74. The molecule has 8 heteroatoms. The van der Waals surface area contributed by atoms with E-state index in [1.54, 1.807) is 18.2 Å². The van der Waals surface area contributed by atoms with Gasteiger partial charge in [0.1, 0.15) is 5.75 Å². The molecule has 0 aliphatic carbocycles. The second-order valence-corrected chi connectivity index (χ2v) is 5.49. The van der Waals surface area contributed by atoms with Crippen molar-refractivity contribution in [2.45, 2.75) is 12.7 Å². The average Bonchev–Trinajstić information content (AvgIpc) is 2.91. The third-order valence-electron chi connectivity index (χ3n) is 3.98. The zero-order valence-electron chi connectivity index (χ0n) is 12.4. The largest absolute Gasteiger partial charge is 0.496 e. The molecule has 0 aromatic heterocycles. The number of halogens is 3. The average molecular weight is 327 g/mol. The molecule has 5 nitrogen and oxygen atoms in total. The summed E-state index contributed by atoms with van der Waals surface area (Å²) >= 11 is 0. The highest BCUT2D eigenvalue weighted by Gasteiger charge is 2.51. The van der Waals surface area contributed by atoms with Crippen molar-refractivity contribution in [1.29, 1.82) is 5.26 Å². The fourth-order valence-electron chi connectivity index (χ4n) is 2.85. The number of nitrogens with zero attached hydrogens (tertiary/aromatic N) is 2. The number of ether oxygens (including phenoxy) is 1. The van der Waals surface area contributed by atoms with E-state index in [9.17, 15) is 18.0 Å². The predicted octanol–water partition coefficient (Wildman–Crippen LogP) is 1.66. The molecule has 1 saturated heterocycles. The number of benzene rings is 1. The van der Waals surface area contributed by atoms with E-state index in [1.807, 2.05) is 6.07 Å². The van der Waals surface area contributed by atoms with Gasteiger partial charge in [-0.2, -0.15) is 18.4 Å². The first-order chi connectivity index (χ1) is 10.8. The Morgan fingerprint density at radius 1 is 1.48 bits per heavy atom. The normalized spacial score (nSPS) is 21.9. The summed E-state index contributed by atoms with van der Waals surface area (Å²) in [6.45, 7) is -0.231. The Morgan fingerprint density at radius 3 is 2.65 bits per heavy atom. The van der Waals surface area contributed by atoms with Gasteiger partial charge in [-0.25, -0.2) is 0 Å². The molecule has 0 spiro atoms. The fraction of sp³-hybridized carbons (Fsp3) is 0.467. The molecule has 1 amide bonds. The number of primary amides is 1. The van der Waals surface area contributed by atoms with Gasteiger partial charge in [-0.3, -0.25) is 9.69 Å². The van der Waals surface area contributed by atoms with Gasteiger partial charge in [0.15, 0.2) is 0 Å². The summed E-state index contributed by atoms with van der Waals surface area (Å²) in [4.78, 5) is 12.8. The fourth-order valence-corrected chi connectivity index (χ4v) is 2.85. The monoisotopic (exact) mass is 327 g/mol. The van der Waals surface area contributed by atoms with Crippen molar-refractivity contribution in [1.82, 2.24) is 4.90 Å². The van der Waals surface area contributed by atoms with Gasteiger partial charge in [-0.1, -0.05) is 0 Å². The van der Waals surface area contributed by atoms with Crippen molar-refractivity contribution in [2.24, 2.45) is 17.6 Å². The number of nitriles is 1. The van der Waals surface area contributed by atoms with Crippen LogP contribution in [-0.4, -0.2) is 37.2 Å². The first-order valence-corrected chi connectivity index (χ1v) is 6.91. The first-order valence-electron chi connectivity index (χ1n) is 6.91. The van der Waals surface area contributed by atoms with E-state index >= 15 is 0 Å². The minimum absolute atomic E-state index is 0.0700. The molecule has 23 heavy (non-hydrogen) atoms. The number of hydrogen-bond donors (Lipinski definition) is 1.